The number of nitrogens with one attached hydrogen (secondary N) is 12. The minimum Gasteiger partial charge on any atom is -0.508 e. The van der Waals surface area contributed by atoms with Gasteiger partial charge >= 0.3 is 11.9 Å². The van der Waals surface area contributed by atoms with Crippen molar-refractivity contribution in [2.45, 2.75) is 171 Å². The minimum absolute atomic E-state index is 0.00898. The molecule has 15 amide bonds. The van der Waals surface area contributed by atoms with E-state index in [0.29, 0.717) is 51.6 Å². The number of fused-ring (bicyclic) bond motifs is 1. The number of phenolic OH excluding ortho intramolecular Hbond substituents is 1. The van der Waals surface area contributed by atoms with E-state index in [4.69, 9.17) is 16.9 Å². The van der Waals surface area contributed by atoms with Crippen LogP contribution in [0.25, 0.3) is 10.9 Å². The van der Waals surface area contributed by atoms with Crippen molar-refractivity contribution in [3.05, 3.63) is 174 Å². The number of unbranched alkanes of at least 4 members (excludes halogenated alkanes) is 1. The second-order valence-electron chi connectivity index (χ2n) is 32.0. The van der Waals surface area contributed by atoms with Crippen LogP contribution in [-0.2, 0) is 114 Å². The Hall–Kier alpha value is -14.0. The fraction of sp³-hybridized carbons (Fsp3) is 0.438. The number of hydrogen-bond donors (Lipinski definition) is 17. The average molecular weight is 1810 g/mol. The number of phenols is 1. The number of amides is 15. The average Bonchev–Trinajstić information content (AvgIpc) is 1.76. The number of nitrogens with zero attached hydrogens (tertiary/aromatic N) is 5. The maximum absolute atomic E-state index is 15.5. The number of nitrogens with two attached hydrogens (primary N) is 2. The summed E-state index contributed by atoms with van der Waals surface area (Å²) in [7, 11) is 6.30. The number of aromatic hydroxyl groups is 1. The molecular formula is C89H117N19O20S. The standard InChI is InChI=1S/C89H117N19O20S/c1-9-10-32-68-86(126)105(5)49-73(112)97-65(45-76(116)117)82(122)103-77(52(2)3)88(128)107(7)69(42-54-25-16-12-17-26-54)83(123)100-62(37-38-75(114)115)84(124)104(4)48-72(111)96-64(44-57-46-94-60-30-21-20-29-59(57)60)81(121)101-63(40-56-33-35-58(109)36-34-56)80(120)99-61(31-22-39-93-89(91)92)79(119)102-67(78(118)95-47-71(90)110)50-129-51-74(113)98-66(41-53-23-14-11-15-24-53)85(125)108(8)70(87(127)106(68)6)43-55-27-18-13-19-28-55/h11-21,23-30,33-36,46,52,61-70,77,94,109H,9-10,22,31-32,37-45,47-51H2,1-8H3,(H2,90,110)(H,95,118)(H,96,111)(H,97,112)(H,98,113)(H,99,120)(H,100,123)(H,101,121)(H,102,119)(H,103,122)(H,114,115)(H,116,117)(H4,91,92,93)/t61-,62-,63-,64-,65-,66-,67-,68-,69-,70-,77-/m0/s1. The molecule has 0 unspecified atom stereocenters. The summed E-state index contributed by atoms with van der Waals surface area (Å²) in [4.78, 5) is 254. The zero-order chi connectivity index (χ0) is 94.7. The third kappa shape index (κ3) is 32.1. The topological polar surface area (TPSA) is 579 Å². The summed E-state index contributed by atoms with van der Waals surface area (Å²) in [5.41, 5.74) is 14.1. The van der Waals surface area contributed by atoms with E-state index in [1.54, 1.807) is 121 Å². The number of carbonyl (C=O) groups is 17. The summed E-state index contributed by atoms with van der Waals surface area (Å²) in [5.74, 6) is -20.0. The Bertz CT molecular complexity index is 4930. The van der Waals surface area contributed by atoms with Crippen LogP contribution in [0.1, 0.15) is 100.0 Å². The highest BCUT2D eigenvalue weighted by Gasteiger charge is 2.42. The van der Waals surface area contributed by atoms with E-state index >= 15 is 33.6 Å². The number of guanidine groups is 1. The van der Waals surface area contributed by atoms with Gasteiger partial charge in [0.15, 0.2) is 5.96 Å². The third-order valence-electron chi connectivity index (χ3n) is 21.6. The second kappa shape index (κ2) is 50.4. The maximum Gasteiger partial charge on any atom is 0.305 e. The predicted molar refractivity (Wildman–Crippen MR) is 477 cm³/mol. The fourth-order valence-corrected chi connectivity index (χ4v) is 15.4. The van der Waals surface area contributed by atoms with Crippen molar-refractivity contribution in [1.82, 2.24) is 82.7 Å². The van der Waals surface area contributed by atoms with Crippen LogP contribution in [0.2, 0.25) is 0 Å². The molecule has 1 aromatic heterocycles. The molecule has 0 radical (unpaired) electrons. The number of aromatic nitrogens is 1. The zero-order valence-corrected chi connectivity index (χ0v) is 74.1. The highest BCUT2D eigenvalue weighted by Crippen LogP contribution is 2.24. The maximum atomic E-state index is 15.5. The lowest BCUT2D eigenvalue weighted by molar-refractivity contribution is -0.151. The summed E-state index contributed by atoms with van der Waals surface area (Å²) in [6.45, 7) is 2.37. The monoisotopic (exact) mass is 1800 g/mol. The van der Waals surface area contributed by atoms with Gasteiger partial charge < -0.3 is 109 Å². The van der Waals surface area contributed by atoms with Crippen LogP contribution in [0.5, 0.6) is 5.75 Å². The van der Waals surface area contributed by atoms with Gasteiger partial charge in [0.25, 0.3) is 0 Å². The number of H-pyrrole nitrogens is 1. The highest BCUT2D eigenvalue weighted by atomic mass is 32.2. The molecular weight excluding hydrogens is 1690 g/mol. The van der Waals surface area contributed by atoms with Crippen molar-refractivity contribution in [2.75, 3.05) is 72.9 Å². The molecule has 7 rings (SSSR count). The van der Waals surface area contributed by atoms with Crippen LogP contribution in [-0.4, -0.2) is 291 Å². The Morgan fingerprint density at radius 2 is 0.977 bits per heavy atom. The first-order chi connectivity index (χ1) is 61.3. The first kappa shape index (κ1) is 102. The van der Waals surface area contributed by atoms with Crippen molar-refractivity contribution in [2.24, 2.45) is 17.4 Å². The largest absolute Gasteiger partial charge is 0.508 e. The van der Waals surface area contributed by atoms with Gasteiger partial charge in [-0.25, -0.2) is 0 Å². The van der Waals surface area contributed by atoms with E-state index in [1.807, 2.05) is 6.92 Å². The predicted octanol–water partition coefficient (Wildman–Crippen LogP) is -0.540. The van der Waals surface area contributed by atoms with Crippen molar-refractivity contribution in [3.8, 4) is 5.75 Å². The molecule has 39 nitrogen and oxygen atoms in total. The van der Waals surface area contributed by atoms with E-state index < -0.39 is 229 Å². The first-order valence-electron chi connectivity index (χ1n) is 42.1. The molecule has 6 aromatic rings. The number of aromatic amines is 1. The Balaban J connectivity index is 1.34. The molecule has 1 aliphatic rings. The van der Waals surface area contributed by atoms with Gasteiger partial charge in [0, 0.05) is 103 Å². The zero-order valence-electron chi connectivity index (χ0n) is 73.3. The summed E-state index contributed by atoms with van der Waals surface area (Å²) in [6.07, 6.45) is -1.53. The normalized spacial score (nSPS) is 21.8. The lowest BCUT2D eigenvalue weighted by Gasteiger charge is -2.37. The Morgan fingerprint density at radius 1 is 0.481 bits per heavy atom. The number of aliphatic carboxylic acids is 2. The molecule has 11 atom stereocenters. The van der Waals surface area contributed by atoms with E-state index in [2.05, 4.69) is 58.2 Å². The number of hydrogen-bond acceptors (Lipinski definition) is 20. The molecule has 1 fully saturated rings. The lowest BCUT2D eigenvalue weighted by atomic mass is 9.98. The molecule has 2 heterocycles. The molecule has 694 valence electrons. The molecule has 0 bridgehead atoms. The number of rotatable bonds is 26. The van der Waals surface area contributed by atoms with Crippen LogP contribution in [0.4, 0.5) is 0 Å². The number of likely N-dealkylation sites (N-methyl/N-ethyl adjacent to an activating group) is 5. The number of para-hydroxylation sites is 1. The highest BCUT2D eigenvalue weighted by molar-refractivity contribution is 8.00. The molecule has 129 heavy (non-hydrogen) atoms. The van der Waals surface area contributed by atoms with Crippen molar-refractivity contribution in [3.63, 3.8) is 0 Å². The Kier molecular flexibility index (Phi) is 39.9. The van der Waals surface area contributed by atoms with E-state index in [0.717, 1.165) is 43.3 Å². The van der Waals surface area contributed by atoms with Gasteiger partial charge in [0.2, 0.25) is 88.6 Å². The van der Waals surface area contributed by atoms with Gasteiger partial charge in [-0.3, -0.25) is 86.9 Å². The smallest absolute Gasteiger partial charge is 0.305 e. The van der Waals surface area contributed by atoms with Crippen LogP contribution in [0.3, 0.4) is 0 Å². The number of carboxylic acid groups (broad SMARTS) is 2. The van der Waals surface area contributed by atoms with E-state index in [9.17, 15) is 63.3 Å². The number of primary amides is 1. The molecule has 40 heteroatoms. The Labute approximate surface area is 750 Å². The molecule has 1 aliphatic heterocycles. The Morgan fingerprint density at radius 3 is 1.55 bits per heavy atom. The number of thioether (sulfide) groups is 1. The van der Waals surface area contributed by atoms with Gasteiger partial charge in [-0.1, -0.05) is 155 Å². The minimum atomic E-state index is -1.93. The van der Waals surface area contributed by atoms with Crippen molar-refractivity contribution < 1.29 is 96.8 Å². The van der Waals surface area contributed by atoms with Gasteiger partial charge in [0.05, 0.1) is 31.8 Å². The summed E-state index contributed by atoms with van der Waals surface area (Å²) in [5, 5.41) is 64.9. The van der Waals surface area contributed by atoms with Gasteiger partial charge in [0.1, 0.15) is 72.2 Å². The SMILES string of the molecule is CCCC[C@H]1C(=O)N(C)CC(=O)N[C@@H](CC(=O)O)C(=O)N[C@@H](C(C)C)C(=O)N(C)[C@@H](Cc2ccccc2)C(=O)N[C@@H](CCC(=O)O)C(=O)N(C)CC(=O)N[C@@H](Cc2c[nH]c3ccccc23)C(=O)N[C@@H](Cc2ccc(O)cc2)C(=O)N[C@@H](CCCNC(=N)N)C(=O)N[C@H](C(=O)NCC(N)=O)CSCC(=O)N[C@@H](Cc2ccccc2)C(=O)N(C)[C@@H](Cc2ccccc2)C(=O)N1C. The number of benzene rings is 5. The van der Waals surface area contributed by atoms with Crippen molar-refractivity contribution in [1.29, 1.82) is 5.41 Å². The van der Waals surface area contributed by atoms with Gasteiger partial charge in [-0.15, -0.1) is 11.8 Å². The number of carbonyl (C=O) groups excluding carboxylic acids is 15. The first-order valence-corrected chi connectivity index (χ1v) is 43.3. The molecule has 0 saturated carbocycles. The molecule has 19 N–H and O–H groups in total. The van der Waals surface area contributed by atoms with Crippen LogP contribution < -0.4 is 64.6 Å². The molecule has 5 aromatic carbocycles. The van der Waals surface area contributed by atoms with E-state index in [1.165, 1.54) is 66.3 Å². The second-order valence-corrected chi connectivity index (χ2v) is 33.0. The van der Waals surface area contributed by atoms with Gasteiger partial charge in [-0.05, 0) is 77.6 Å². The summed E-state index contributed by atoms with van der Waals surface area (Å²) in [6, 6.07) is 20.0. The van der Waals surface area contributed by atoms with Crippen LogP contribution in [0.15, 0.2) is 146 Å². The molecule has 1 saturated heterocycles. The van der Waals surface area contributed by atoms with Gasteiger partial charge in [-0.2, -0.15) is 0 Å². The quantitative estimate of drug-likeness (QED) is 0.0184. The van der Waals surface area contributed by atoms with Crippen molar-refractivity contribution >= 4 is 129 Å². The fourth-order valence-electron chi connectivity index (χ4n) is 14.5. The third-order valence-corrected chi connectivity index (χ3v) is 22.6. The lowest BCUT2D eigenvalue weighted by Crippen LogP contribution is -2.61. The molecule has 0 aliphatic carbocycles. The van der Waals surface area contributed by atoms with Crippen LogP contribution >= 0.6 is 11.8 Å². The number of carboxylic acids is 2. The summed E-state index contributed by atoms with van der Waals surface area (Å²) >= 11 is 0.782. The van der Waals surface area contributed by atoms with Crippen LogP contribution in [0, 0.1) is 11.3 Å². The van der Waals surface area contributed by atoms with E-state index in [-0.39, 0.29) is 63.7 Å². The summed E-state index contributed by atoms with van der Waals surface area (Å²) < 4.78 is 0. The molecule has 0 spiro atoms.